The van der Waals surface area contributed by atoms with Crippen molar-refractivity contribution in [3.8, 4) is 0 Å². The van der Waals surface area contributed by atoms with E-state index < -0.39 is 11.9 Å². The van der Waals surface area contributed by atoms with Crippen molar-refractivity contribution >= 4 is 23.2 Å². The summed E-state index contributed by atoms with van der Waals surface area (Å²) in [4.78, 5) is 27.3. The van der Waals surface area contributed by atoms with Crippen LogP contribution in [0.2, 0.25) is 0 Å². The number of aromatic nitrogens is 1. The van der Waals surface area contributed by atoms with Gasteiger partial charge in [-0.3, -0.25) is 9.59 Å². The van der Waals surface area contributed by atoms with E-state index in [9.17, 15) is 9.59 Å². The largest absolute Gasteiger partial charge is 0.481 e. The molecule has 104 valence electrons. The first-order valence-electron chi connectivity index (χ1n) is 6.56. The van der Waals surface area contributed by atoms with E-state index in [0.29, 0.717) is 25.8 Å². The third kappa shape index (κ3) is 3.76. The van der Waals surface area contributed by atoms with Crippen LogP contribution in [0.5, 0.6) is 0 Å². The molecule has 1 aliphatic rings. The van der Waals surface area contributed by atoms with E-state index in [1.807, 2.05) is 5.38 Å². The van der Waals surface area contributed by atoms with Gasteiger partial charge in [0.05, 0.1) is 23.0 Å². The lowest BCUT2D eigenvalue weighted by Crippen LogP contribution is -2.40. The van der Waals surface area contributed by atoms with Crippen LogP contribution in [0, 0.1) is 11.8 Å². The Balaban J connectivity index is 1.82. The van der Waals surface area contributed by atoms with E-state index in [4.69, 9.17) is 5.11 Å². The van der Waals surface area contributed by atoms with Gasteiger partial charge in [0.1, 0.15) is 0 Å². The Morgan fingerprint density at radius 2 is 2.11 bits per heavy atom. The van der Waals surface area contributed by atoms with E-state index in [-0.39, 0.29) is 11.8 Å². The van der Waals surface area contributed by atoms with Crippen molar-refractivity contribution in [1.29, 1.82) is 0 Å². The second kappa shape index (κ2) is 6.65. The number of thiazole rings is 1. The number of carbonyl (C=O) groups is 2. The Hall–Kier alpha value is -1.43. The highest BCUT2D eigenvalue weighted by atomic mass is 32.1. The van der Waals surface area contributed by atoms with Gasteiger partial charge in [0.2, 0.25) is 5.91 Å². The van der Waals surface area contributed by atoms with Crippen LogP contribution in [0.3, 0.4) is 0 Å². The predicted molar refractivity (Wildman–Crippen MR) is 71.9 cm³/mol. The Bertz CT molecular complexity index is 433. The lowest BCUT2D eigenvalue weighted by molar-refractivity contribution is -0.148. The van der Waals surface area contributed by atoms with E-state index in [1.54, 1.807) is 5.51 Å². The van der Waals surface area contributed by atoms with Crippen LogP contribution in [-0.4, -0.2) is 28.5 Å². The van der Waals surface area contributed by atoms with Crippen LogP contribution < -0.4 is 5.32 Å². The fourth-order valence-corrected chi connectivity index (χ4v) is 3.14. The van der Waals surface area contributed by atoms with Gasteiger partial charge in [0.15, 0.2) is 0 Å². The zero-order valence-corrected chi connectivity index (χ0v) is 11.5. The zero-order valence-electron chi connectivity index (χ0n) is 10.7. The maximum atomic E-state index is 12.0. The molecule has 0 radical (unpaired) electrons. The average Bonchev–Trinajstić information content (AvgIpc) is 2.91. The van der Waals surface area contributed by atoms with E-state index in [1.165, 1.54) is 11.3 Å². The van der Waals surface area contributed by atoms with Gasteiger partial charge in [-0.15, -0.1) is 11.3 Å². The first kappa shape index (κ1) is 14.0. The summed E-state index contributed by atoms with van der Waals surface area (Å²) in [6.07, 6.45) is 3.83. The maximum absolute atomic E-state index is 12.0. The third-order valence-corrected chi connectivity index (χ3v) is 4.22. The van der Waals surface area contributed by atoms with Gasteiger partial charge in [-0.25, -0.2) is 4.98 Å². The van der Waals surface area contributed by atoms with Crippen molar-refractivity contribution in [2.45, 2.75) is 32.1 Å². The molecule has 0 aliphatic heterocycles. The molecular formula is C13H18N2O3S. The molecule has 2 rings (SSSR count). The Morgan fingerprint density at radius 3 is 2.74 bits per heavy atom. The summed E-state index contributed by atoms with van der Waals surface area (Å²) in [6.45, 7) is 0.519. The van der Waals surface area contributed by atoms with Crippen molar-refractivity contribution in [2.75, 3.05) is 6.54 Å². The van der Waals surface area contributed by atoms with Gasteiger partial charge in [0.25, 0.3) is 0 Å². The standard InChI is InChI=1S/C13H18N2O3S/c16-12(14-6-5-9-7-19-8-15-9)10-3-1-2-4-11(10)13(17)18/h7-8,10-11H,1-6H2,(H,14,16)(H,17,18)/t10-,11+/m1/s1. The maximum Gasteiger partial charge on any atom is 0.307 e. The molecule has 0 unspecified atom stereocenters. The Morgan fingerprint density at radius 1 is 1.37 bits per heavy atom. The van der Waals surface area contributed by atoms with Crippen molar-refractivity contribution in [3.05, 3.63) is 16.6 Å². The number of amides is 1. The highest BCUT2D eigenvalue weighted by Crippen LogP contribution is 2.30. The molecule has 6 heteroatoms. The molecule has 0 saturated heterocycles. The fraction of sp³-hybridized carbons (Fsp3) is 0.615. The van der Waals surface area contributed by atoms with Gasteiger partial charge >= 0.3 is 5.97 Å². The summed E-state index contributed by atoms with van der Waals surface area (Å²) in [5, 5.41) is 13.9. The minimum Gasteiger partial charge on any atom is -0.481 e. The number of carboxylic acid groups (broad SMARTS) is 1. The topological polar surface area (TPSA) is 79.3 Å². The number of carboxylic acids is 1. The molecule has 1 heterocycles. The predicted octanol–water partition coefficient (Wildman–Crippen LogP) is 1.69. The first-order chi connectivity index (χ1) is 9.18. The van der Waals surface area contributed by atoms with Gasteiger partial charge in [0, 0.05) is 18.3 Å². The van der Waals surface area contributed by atoms with Gasteiger partial charge in [-0.1, -0.05) is 12.8 Å². The minimum absolute atomic E-state index is 0.123. The molecule has 2 atom stereocenters. The molecule has 1 aromatic heterocycles. The molecule has 0 bridgehead atoms. The minimum atomic E-state index is -0.848. The molecule has 0 aromatic carbocycles. The number of hydrogen-bond acceptors (Lipinski definition) is 4. The summed E-state index contributed by atoms with van der Waals surface area (Å²) in [5.74, 6) is -1.86. The lowest BCUT2D eigenvalue weighted by atomic mass is 9.78. The van der Waals surface area contributed by atoms with Crippen molar-refractivity contribution in [1.82, 2.24) is 10.3 Å². The van der Waals surface area contributed by atoms with Crippen LogP contribution >= 0.6 is 11.3 Å². The first-order valence-corrected chi connectivity index (χ1v) is 7.50. The summed E-state index contributed by atoms with van der Waals surface area (Å²) >= 11 is 1.53. The number of carbonyl (C=O) groups excluding carboxylic acids is 1. The molecule has 1 amide bonds. The van der Waals surface area contributed by atoms with Crippen molar-refractivity contribution in [2.24, 2.45) is 11.8 Å². The third-order valence-electron chi connectivity index (χ3n) is 3.58. The molecular weight excluding hydrogens is 264 g/mol. The average molecular weight is 282 g/mol. The van der Waals surface area contributed by atoms with Crippen LogP contribution in [0.15, 0.2) is 10.9 Å². The molecule has 5 nitrogen and oxygen atoms in total. The normalized spacial score (nSPS) is 22.9. The highest BCUT2D eigenvalue weighted by molar-refractivity contribution is 7.07. The monoisotopic (exact) mass is 282 g/mol. The van der Waals surface area contributed by atoms with Gasteiger partial charge in [-0.2, -0.15) is 0 Å². The molecule has 1 aliphatic carbocycles. The summed E-state index contributed by atoms with van der Waals surface area (Å²) < 4.78 is 0. The zero-order chi connectivity index (χ0) is 13.7. The van der Waals surface area contributed by atoms with Crippen LogP contribution in [0.1, 0.15) is 31.4 Å². The molecule has 2 N–H and O–H groups in total. The molecule has 1 fully saturated rings. The van der Waals surface area contributed by atoms with Crippen LogP contribution in [0.25, 0.3) is 0 Å². The van der Waals surface area contributed by atoms with E-state index >= 15 is 0 Å². The van der Waals surface area contributed by atoms with Gasteiger partial charge < -0.3 is 10.4 Å². The Labute approximate surface area is 116 Å². The quantitative estimate of drug-likeness (QED) is 0.861. The smallest absolute Gasteiger partial charge is 0.307 e. The number of rotatable bonds is 5. The van der Waals surface area contributed by atoms with Crippen LogP contribution in [-0.2, 0) is 16.0 Å². The van der Waals surface area contributed by atoms with Crippen molar-refractivity contribution < 1.29 is 14.7 Å². The molecule has 0 spiro atoms. The number of nitrogens with one attached hydrogen (secondary N) is 1. The molecule has 1 aromatic rings. The molecule has 1 saturated carbocycles. The van der Waals surface area contributed by atoms with E-state index in [0.717, 1.165) is 18.5 Å². The lowest BCUT2D eigenvalue weighted by Gasteiger charge is -2.27. The van der Waals surface area contributed by atoms with Crippen molar-refractivity contribution in [3.63, 3.8) is 0 Å². The molecule has 19 heavy (non-hydrogen) atoms. The van der Waals surface area contributed by atoms with E-state index in [2.05, 4.69) is 10.3 Å². The second-order valence-electron chi connectivity index (χ2n) is 4.86. The fourth-order valence-electron chi connectivity index (χ4n) is 2.55. The Kier molecular flexibility index (Phi) is 4.90. The number of hydrogen-bond donors (Lipinski definition) is 2. The summed E-state index contributed by atoms with van der Waals surface area (Å²) in [5.41, 5.74) is 2.72. The highest BCUT2D eigenvalue weighted by Gasteiger charge is 2.35. The number of nitrogens with zero attached hydrogens (tertiary/aromatic N) is 1. The number of aliphatic carboxylic acids is 1. The van der Waals surface area contributed by atoms with Crippen LogP contribution in [0.4, 0.5) is 0 Å². The summed E-state index contributed by atoms with van der Waals surface area (Å²) in [6, 6.07) is 0. The SMILES string of the molecule is O=C(O)[C@H]1CCCC[C@H]1C(=O)NCCc1cscn1. The van der Waals surface area contributed by atoms with Gasteiger partial charge in [-0.05, 0) is 12.8 Å². The summed E-state index contributed by atoms with van der Waals surface area (Å²) in [7, 11) is 0. The second-order valence-corrected chi connectivity index (χ2v) is 5.58.